The smallest absolute Gasteiger partial charge is 0.342 e. The van der Waals surface area contributed by atoms with Gasteiger partial charge in [0.2, 0.25) is 5.60 Å². The zero-order valence-electron chi connectivity index (χ0n) is 34.4. The van der Waals surface area contributed by atoms with Crippen LogP contribution >= 0.6 is 0 Å². The van der Waals surface area contributed by atoms with Crippen LogP contribution in [0.4, 0.5) is 0 Å². The molecule has 2 aliphatic heterocycles. The van der Waals surface area contributed by atoms with Crippen molar-refractivity contribution in [3.05, 3.63) is 24.3 Å². The monoisotopic (exact) mass is 808 g/mol. The van der Waals surface area contributed by atoms with Gasteiger partial charge < -0.3 is 33.5 Å². The van der Waals surface area contributed by atoms with Crippen molar-refractivity contribution in [3.63, 3.8) is 0 Å². The van der Waals surface area contributed by atoms with Crippen LogP contribution in [0.3, 0.4) is 0 Å². The molecular formula is C41H60O14S. The van der Waals surface area contributed by atoms with Gasteiger partial charge in [0.25, 0.3) is 0 Å². The maximum atomic E-state index is 13.8. The van der Waals surface area contributed by atoms with Gasteiger partial charge in [-0.25, -0.2) is 13.8 Å². The minimum absolute atomic E-state index is 0.0732. The summed E-state index contributed by atoms with van der Waals surface area (Å²) in [6.07, 6.45) is 3.40. The van der Waals surface area contributed by atoms with E-state index in [-0.39, 0.29) is 30.8 Å². The second-order valence-electron chi connectivity index (χ2n) is 17.3. The van der Waals surface area contributed by atoms with Crippen molar-refractivity contribution in [1.82, 2.24) is 0 Å². The highest BCUT2D eigenvalue weighted by molar-refractivity contribution is 7.80. The van der Waals surface area contributed by atoms with Crippen LogP contribution in [-0.2, 0) is 67.7 Å². The molecule has 0 aromatic carbocycles. The molecule has 6 rings (SSSR count). The number of carbonyl (C=O) groups is 5. The molecule has 14 nitrogen and oxygen atoms in total. The highest BCUT2D eigenvalue weighted by atomic mass is 32.2. The van der Waals surface area contributed by atoms with Crippen molar-refractivity contribution < 1.29 is 65.9 Å². The summed E-state index contributed by atoms with van der Waals surface area (Å²) < 4.78 is 53.2. The Labute approximate surface area is 332 Å². The first-order chi connectivity index (χ1) is 26.1. The number of rotatable bonds is 9. The number of allylic oxidation sites excluding steroid dienone is 1. The van der Waals surface area contributed by atoms with Gasteiger partial charge in [0.1, 0.15) is 18.8 Å². The molecule has 0 amide bonds. The number of methoxy groups -OCH3 is 2. The molecular weight excluding hydrogens is 749 g/mol. The number of ether oxygens (including phenoxy) is 6. The molecule has 0 aromatic rings. The van der Waals surface area contributed by atoms with E-state index in [0.29, 0.717) is 37.0 Å². The zero-order valence-corrected chi connectivity index (χ0v) is 35.2. The van der Waals surface area contributed by atoms with Gasteiger partial charge in [-0.15, -0.1) is 0 Å². The summed E-state index contributed by atoms with van der Waals surface area (Å²) in [5.74, 6) is -3.47. The topological polar surface area (TPSA) is 191 Å². The Balaban J connectivity index is 0.00000113. The van der Waals surface area contributed by atoms with E-state index in [1.54, 1.807) is 6.92 Å². The molecule has 2 heterocycles. The van der Waals surface area contributed by atoms with E-state index >= 15 is 0 Å². The quantitative estimate of drug-likeness (QED) is 0.149. The SMILES string of the molecule is C=C1C[C@@]2(O)C3CC[C@]4(C)C(CC[C@@]5(C(C)OS(=O)CCCC)COC(=O)C=C[C@H]54)[C@@]3(C)[C@H](OC(C)=O)[C@H](OC(C)=O)[C@@]2(C)[C@]2(C(=O)OC)O[C@H]12.COC(C)=O. The lowest BCUT2D eigenvalue weighted by Gasteiger charge is -2.73. The van der Waals surface area contributed by atoms with Gasteiger partial charge in [0.15, 0.2) is 17.2 Å². The second-order valence-corrected chi connectivity index (χ2v) is 18.5. The number of epoxide rings is 1. The summed E-state index contributed by atoms with van der Waals surface area (Å²) in [7, 11) is 2.59. The Hall–Kier alpha value is -3.14. The average Bonchev–Trinajstić information content (AvgIpc) is 3.92. The molecule has 0 aromatic heterocycles. The molecule has 4 aliphatic carbocycles. The predicted molar refractivity (Wildman–Crippen MR) is 201 cm³/mol. The maximum absolute atomic E-state index is 13.8. The van der Waals surface area contributed by atoms with Gasteiger partial charge in [-0.05, 0) is 74.7 Å². The Morgan fingerprint density at radius 3 is 2.16 bits per heavy atom. The Morgan fingerprint density at radius 2 is 1.59 bits per heavy atom. The first-order valence-electron chi connectivity index (χ1n) is 19.6. The summed E-state index contributed by atoms with van der Waals surface area (Å²) in [5.41, 5.74) is -6.85. The van der Waals surface area contributed by atoms with Crippen molar-refractivity contribution in [3.8, 4) is 0 Å². The number of unbranched alkanes of at least 4 members (excludes halogenated alkanes) is 1. The van der Waals surface area contributed by atoms with Crippen LogP contribution in [0.15, 0.2) is 24.3 Å². The van der Waals surface area contributed by atoms with Crippen molar-refractivity contribution in [1.29, 1.82) is 0 Å². The van der Waals surface area contributed by atoms with Gasteiger partial charge in [-0.2, -0.15) is 0 Å². The van der Waals surface area contributed by atoms with Gasteiger partial charge in [0.05, 0.1) is 31.3 Å². The lowest BCUT2D eigenvalue weighted by atomic mass is 9.32. The first kappa shape index (κ1) is 44.0. The Kier molecular flexibility index (Phi) is 12.2. The van der Waals surface area contributed by atoms with E-state index in [4.69, 9.17) is 27.9 Å². The highest BCUT2D eigenvalue weighted by Crippen LogP contribution is 2.78. The fourth-order valence-electron chi connectivity index (χ4n) is 12.1. The highest BCUT2D eigenvalue weighted by Gasteiger charge is 2.90. The van der Waals surface area contributed by atoms with E-state index in [2.05, 4.69) is 18.2 Å². The second kappa shape index (κ2) is 15.6. The minimum atomic E-state index is -1.73. The number of hydrogen-bond donors (Lipinski definition) is 1. The number of esters is 5. The molecule has 1 saturated heterocycles. The van der Waals surface area contributed by atoms with Crippen LogP contribution in [-0.4, -0.2) is 101 Å². The zero-order chi connectivity index (χ0) is 41.8. The molecule has 15 heteroatoms. The largest absolute Gasteiger partial charge is 0.469 e. The van der Waals surface area contributed by atoms with Gasteiger partial charge in [0, 0.05) is 49.9 Å². The minimum Gasteiger partial charge on any atom is -0.469 e. The van der Waals surface area contributed by atoms with Crippen molar-refractivity contribution in [2.75, 3.05) is 26.6 Å². The van der Waals surface area contributed by atoms with Crippen LogP contribution in [0.25, 0.3) is 0 Å². The summed E-state index contributed by atoms with van der Waals surface area (Å²) in [6, 6.07) is 0. The molecule has 4 saturated carbocycles. The number of fused-ring (bicyclic) bond motifs is 9. The average molecular weight is 809 g/mol. The van der Waals surface area contributed by atoms with Crippen molar-refractivity contribution in [2.45, 2.75) is 136 Å². The molecule has 6 aliphatic rings. The predicted octanol–water partition coefficient (Wildman–Crippen LogP) is 4.47. The summed E-state index contributed by atoms with van der Waals surface area (Å²) in [5, 5.41) is 13.4. The standard InChI is InChI=1S/C38H54O12S.C3H6O2/c1-10-11-18-51(44)50-22(3)36-17-15-25-33(6,26(36)12-13-28(41)46-20-36)16-14-27-34(25,7)30(47-23(4)39)31(48-24(5)40)35(8)37(27,43)19-21(2)29-38(35,49-29)32(42)45-9;1-3(4)5-2/h12-13,22,25-27,29-31,43H,2,10-11,14-20H2,1,3-9H3;1-2H3/t22?,25?,26-,27?,29+,30+,31-,33+,34+,35+,36-,37+,38-,51?;/m0./s1. The van der Waals surface area contributed by atoms with E-state index in [1.807, 2.05) is 26.8 Å². The Bertz CT molecular complexity index is 1680. The molecule has 5 fully saturated rings. The third kappa shape index (κ3) is 6.46. The van der Waals surface area contributed by atoms with Crippen LogP contribution in [0, 0.1) is 39.4 Å². The maximum Gasteiger partial charge on any atom is 0.342 e. The molecule has 314 valence electrons. The molecule has 56 heavy (non-hydrogen) atoms. The normalized spacial score (nSPS) is 42.8. The molecule has 0 spiro atoms. The summed E-state index contributed by atoms with van der Waals surface area (Å²) >= 11 is -1.54. The van der Waals surface area contributed by atoms with Gasteiger partial charge in [-0.3, -0.25) is 18.6 Å². The fourth-order valence-corrected chi connectivity index (χ4v) is 13.2. The number of cyclic esters (lactones) is 1. The van der Waals surface area contributed by atoms with Crippen LogP contribution in [0.2, 0.25) is 0 Å². The number of aliphatic hydroxyl groups is 1. The van der Waals surface area contributed by atoms with E-state index in [1.165, 1.54) is 41.1 Å². The lowest BCUT2D eigenvalue weighted by Crippen LogP contribution is -2.82. The van der Waals surface area contributed by atoms with E-state index in [9.17, 15) is 33.3 Å². The van der Waals surface area contributed by atoms with E-state index in [0.717, 1.165) is 12.8 Å². The number of hydrogen-bond acceptors (Lipinski definition) is 14. The van der Waals surface area contributed by atoms with Gasteiger partial charge >= 0.3 is 29.8 Å². The van der Waals surface area contributed by atoms with Gasteiger partial charge in [-0.1, -0.05) is 39.8 Å². The van der Waals surface area contributed by atoms with Crippen molar-refractivity contribution in [2.24, 2.45) is 39.4 Å². The van der Waals surface area contributed by atoms with Crippen LogP contribution < -0.4 is 0 Å². The van der Waals surface area contributed by atoms with Crippen LogP contribution in [0.1, 0.15) is 100 Å². The first-order valence-corrected chi connectivity index (χ1v) is 20.8. The molecule has 0 radical (unpaired) electrons. The van der Waals surface area contributed by atoms with E-state index < -0.39 is 98.2 Å². The van der Waals surface area contributed by atoms with Crippen LogP contribution in [0.5, 0.6) is 0 Å². The lowest BCUT2D eigenvalue weighted by molar-refractivity contribution is -0.336. The fraction of sp³-hybridized carbons (Fsp3) is 0.780. The third-order valence-corrected chi connectivity index (χ3v) is 15.8. The summed E-state index contributed by atoms with van der Waals surface area (Å²) in [4.78, 5) is 62.3. The molecule has 1 N–H and O–H groups in total. The molecule has 4 unspecified atom stereocenters. The molecule has 14 atom stereocenters. The van der Waals surface area contributed by atoms with Crippen molar-refractivity contribution >= 4 is 40.9 Å². The number of carbonyl (C=O) groups excluding carboxylic acids is 5. The third-order valence-electron chi connectivity index (χ3n) is 14.7. The summed E-state index contributed by atoms with van der Waals surface area (Å²) in [6.45, 7) is 18.0. The Morgan fingerprint density at radius 1 is 0.982 bits per heavy atom. The molecule has 0 bridgehead atoms.